The second-order valence-corrected chi connectivity index (χ2v) is 10.8. The van der Waals surface area contributed by atoms with Crippen LogP contribution in [0.3, 0.4) is 0 Å². The molecular weight excluding hydrogens is 612 g/mol. The number of benzene rings is 2. The molecule has 0 radical (unpaired) electrons. The largest absolute Gasteiger partial charge is 0.481 e. The smallest absolute Gasteiger partial charge is 0.311 e. The average molecular weight is 640 g/mol. The number of nitrogens with zero attached hydrogens (tertiary/aromatic N) is 4. The van der Waals surface area contributed by atoms with Gasteiger partial charge in [-0.2, -0.15) is 5.10 Å². The molecule has 2 aromatic carbocycles. The van der Waals surface area contributed by atoms with Crippen molar-refractivity contribution in [3.63, 3.8) is 0 Å². The van der Waals surface area contributed by atoms with E-state index in [9.17, 15) is 14.4 Å². The van der Waals surface area contributed by atoms with Crippen LogP contribution < -0.4 is 15.6 Å². The molecule has 0 aliphatic carbocycles. The Morgan fingerprint density at radius 3 is 2.45 bits per heavy atom. The van der Waals surface area contributed by atoms with Gasteiger partial charge in [0.05, 0.1) is 35.4 Å². The lowest BCUT2D eigenvalue weighted by molar-refractivity contribution is -0.154. The van der Waals surface area contributed by atoms with Crippen molar-refractivity contribution in [3.05, 3.63) is 92.1 Å². The third kappa shape index (κ3) is 6.17. The Hall–Kier alpha value is -4.32. The second kappa shape index (κ2) is 13.1. The number of amides is 1. The van der Waals surface area contributed by atoms with Crippen molar-refractivity contribution in [2.75, 3.05) is 32.1 Å². The maximum Gasteiger partial charge on any atom is 0.311 e. The molecule has 3 heterocycles. The van der Waals surface area contributed by atoms with Crippen molar-refractivity contribution in [1.29, 1.82) is 0 Å². The molecule has 4 aromatic rings. The summed E-state index contributed by atoms with van der Waals surface area (Å²) in [5.74, 6) is -1.47. The van der Waals surface area contributed by atoms with Gasteiger partial charge in [-0.15, -0.1) is 0 Å². The van der Waals surface area contributed by atoms with Crippen LogP contribution in [0.25, 0.3) is 22.4 Å². The Kier molecular flexibility index (Phi) is 9.28. The van der Waals surface area contributed by atoms with E-state index >= 15 is 4.39 Å². The fourth-order valence-corrected chi connectivity index (χ4v) is 5.56. The van der Waals surface area contributed by atoms with Crippen LogP contribution in [0, 0.1) is 11.7 Å². The van der Waals surface area contributed by atoms with Gasteiger partial charge in [0.1, 0.15) is 17.1 Å². The first-order valence-corrected chi connectivity index (χ1v) is 14.4. The topological polar surface area (TPSA) is 116 Å². The predicted molar refractivity (Wildman–Crippen MR) is 164 cm³/mol. The summed E-state index contributed by atoms with van der Waals surface area (Å²) in [5, 5.41) is 6.84. The molecule has 1 amide bonds. The molecule has 0 atom stereocenters. The molecule has 0 bridgehead atoms. The molecule has 1 saturated heterocycles. The number of rotatable bonds is 9. The number of halogens is 3. The Morgan fingerprint density at radius 2 is 1.75 bits per heavy atom. The van der Waals surface area contributed by atoms with Crippen LogP contribution in [0.15, 0.2) is 59.5 Å². The van der Waals surface area contributed by atoms with Crippen molar-refractivity contribution in [3.8, 4) is 28.3 Å². The van der Waals surface area contributed by atoms with Gasteiger partial charge in [0, 0.05) is 55.1 Å². The lowest BCUT2D eigenvalue weighted by atomic mass is 9.98. The molecular formula is C31H28Cl2FN5O5. The summed E-state index contributed by atoms with van der Waals surface area (Å²) in [6.07, 6.45) is 1.35. The minimum atomic E-state index is -0.653. The molecule has 1 N–H and O–H groups in total. The zero-order valence-electron chi connectivity index (χ0n) is 24.1. The van der Waals surface area contributed by atoms with Crippen molar-refractivity contribution < 1.29 is 23.5 Å². The summed E-state index contributed by atoms with van der Waals surface area (Å²) in [6.45, 7) is 3.43. The fraction of sp³-hybridized carbons (Fsp3) is 0.258. The van der Waals surface area contributed by atoms with Crippen molar-refractivity contribution in [2.45, 2.75) is 13.5 Å². The number of esters is 1. The van der Waals surface area contributed by atoms with Crippen molar-refractivity contribution in [1.82, 2.24) is 19.7 Å². The number of aromatic nitrogens is 3. The first-order valence-electron chi connectivity index (χ1n) is 13.7. The summed E-state index contributed by atoms with van der Waals surface area (Å²) >= 11 is 13.6. The zero-order valence-corrected chi connectivity index (χ0v) is 25.6. The maximum absolute atomic E-state index is 15.6. The zero-order chi connectivity index (χ0) is 31.5. The summed E-state index contributed by atoms with van der Waals surface area (Å²) in [7, 11) is 2.89. The fourth-order valence-electron chi connectivity index (χ4n) is 4.97. The molecule has 44 heavy (non-hydrogen) atoms. The van der Waals surface area contributed by atoms with Gasteiger partial charge < -0.3 is 14.8 Å². The molecule has 2 aromatic heterocycles. The number of likely N-dealkylation sites (tertiary alicyclic amines) is 1. The minimum absolute atomic E-state index is 0.0143. The standard InChI is InChI=1S/C31H28Cl2FN5O5/c1-4-44-31(42)18-15-39(16-18)14-17-13-23(34)27(37-29(17)43-3)21-9-5-7-19(25(21)32)20-8-6-10-24(26(20)33)36-28(40)22-11-12-35-38(2)30(22)41/h5-13,18H,4,14-16H2,1-3H3,(H,36,40). The lowest BCUT2D eigenvalue weighted by Crippen LogP contribution is -2.50. The van der Waals surface area contributed by atoms with E-state index in [1.807, 2.05) is 4.90 Å². The van der Waals surface area contributed by atoms with Gasteiger partial charge in [-0.05, 0) is 25.1 Å². The quantitative estimate of drug-likeness (QED) is 0.248. The van der Waals surface area contributed by atoms with E-state index in [-0.39, 0.29) is 44.8 Å². The number of carbonyl (C=O) groups excluding carboxylic acids is 2. The van der Waals surface area contributed by atoms with Gasteiger partial charge >= 0.3 is 5.97 Å². The molecule has 5 rings (SSSR count). The molecule has 228 valence electrons. The van der Waals surface area contributed by atoms with E-state index in [1.54, 1.807) is 43.3 Å². The molecule has 1 aliphatic heterocycles. The number of anilines is 1. The summed E-state index contributed by atoms with van der Waals surface area (Å²) in [5.41, 5.74) is 1.35. The molecule has 10 nitrogen and oxygen atoms in total. The van der Waals surface area contributed by atoms with Crippen molar-refractivity contribution >= 4 is 40.8 Å². The molecule has 13 heteroatoms. The SMILES string of the molecule is CCOC(=O)C1CN(Cc2cc(F)c(-c3cccc(-c4cccc(NC(=O)c5ccnn(C)c5=O)c4Cl)c3Cl)nc2OC)C1. The lowest BCUT2D eigenvalue weighted by Gasteiger charge is -2.37. The van der Waals surface area contributed by atoms with Crippen molar-refractivity contribution in [2.24, 2.45) is 13.0 Å². The Balaban J connectivity index is 1.42. The van der Waals surface area contributed by atoms with E-state index in [4.69, 9.17) is 32.7 Å². The van der Waals surface area contributed by atoms with Gasteiger partial charge in [-0.25, -0.2) is 14.1 Å². The highest BCUT2D eigenvalue weighted by molar-refractivity contribution is 6.39. The molecule has 1 fully saturated rings. The molecule has 0 spiro atoms. The first-order chi connectivity index (χ1) is 21.1. The average Bonchev–Trinajstić information content (AvgIpc) is 2.98. The highest BCUT2D eigenvalue weighted by Crippen LogP contribution is 2.42. The molecule has 1 aliphatic rings. The molecule has 0 unspecified atom stereocenters. The highest BCUT2D eigenvalue weighted by atomic mass is 35.5. The van der Waals surface area contributed by atoms with E-state index < -0.39 is 17.3 Å². The van der Waals surface area contributed by atoms with Gasteiger partial charge in [-0.1, -0.05) is 53.5 Å². The Labute approximate surface area is 262 Å². The van der Waals surface area contributed by atoms with Crippen LogP contribution >= 0.6 is 23.2 Å². The molecule has 0 saturated carbocycles. The number of aryl methyl sites for hydroxylation is 1. The highest BCUT2D eigenvalue weighted by Gasteiger charge is 2.34. The number of methoxy groups -OCH3 is 1. The number of pyridine rings is 1. The van der Waals surface area contributed by atoms with E-state index in [1.165, 1.54) is 32.5 Å². The van der Waals surface area contributed by atoms with E-state index in [2.05, 4.69) is 15.4 Å². The third-order valence-corrected chi connectivity index (χ3v) is 8.03. The van der Waals surface area contributed by atoms with Gasteiger partial charge in [0.15, 0.2) is 0 Å². The predicted octanol–water partition coefficient (Wildman–Crippen LogP) is 5.21. The second-order valence-electron chi connectivity index (χ2n) is 10.1. The normalized spacial score (nSPS) is 13.3. The van der Waals surface area contributed by atoms with Crippen LogP contribution in [0.5, 0.6) is 5.88 Å². The van der Waals surface area contributed by atoms with Gasteiger partial charge in [0.2, 0.25) is 5.88 Å². The maximum atomic E-state index is 15.6. The van der Waals surface area contributed by atoms with Crippen LogP contribution in [-0.4, -0.2) is 58.3 Å². The Morgan fingerprint density at radius 1 is 1.07 bits per heavy atom. The van der Waals surface area contributed by atoms with Crippen LogP contribution in [-0.2, 0) is 23.1 Å². The van der Waals surface area contributed by atoms with Crippen LogP contribution in [0.1, 0.15) is 22.8 Å². The number of carbonyl (C=O) groups is 2. The summed E-state index contributed by atoms with van der Waals surface area (Å²) in [4.78, 5) is 43.6. The van der Waals surface area contributed by atoms with E-state index in [0.717, 1.165) is 4.68 Å². The number of ether oxygens (including phenoxy) is 2. The summed E-state index contributed by atoms with van der Waals surface area (Å²) in [6, 6.07) is 12.7. The number of hydrogen-bond donors (Lipinski definition) is 1. The van der Waals surface area contributed by atoms with Gasteiger partial charge in [0.25, 0.3) is 11.5 Å². The van der Waals surface area contributed by atoms with E-state index in [0.29, 0.717) is 48.5 Å². The Bertz CT molecular complexity index is 1810. The first kappa shape index (κ1) is 31.1. The number of nitrogens with one attached hydrogen (secondary N) is 1. The summed E-state index contributed by atoms with van der Waals surface area (Å²) < 4.78 is 27.2. The van der Waals surface area contributed by atoms with Gasteiger partial charge in [-0.3, -0.25) is 19.3 Å². The number of hydrogen-bond acceptors (Lipinski definition) is 8. The third-order valence-electron chi connectivity index (χ3n) is 7.22. The monoisotopic (exact) mass is 639 g/mol. The van der Waals surface area contributed by atoms with Crippen LogP contribution in [0.2, 0.25) is 10.0 Å². The minimum Gasteiger partial charge on any atom is -0.481 e. The van der Waals surface area contributed by atoms with Crippen LogP contribution in [0.4, 0.5) is 10.1 Å².